The molecule has 0 aliphatic heterocycles. The predicted molar refractivity (Wildman–Crippen MR) is 113 cm³/mol. The van der Waals surface area contributed by atoms with Crippen molar-refractivity contribution in [2.75, 3.05) is 13.1 Å². The summed E-state index contributed by atoms with van der Waals surface area (Å²) >= 11 is 12.1. The van der Waals surface area contributed by atoms with E-state index >= 15 is 0 Å². The first kappa shape index (κ1) is 22.7. The van der Waals surface area contributed by atoms with Gasteiger partial charge in [0.05, 0.1) is 11.4 Å². The lowest BCUT2D eigenvalue weighted by Crippen LogP contribution is -2.42. The summed E-state index contributed by atoms with van der Waals surface area (Å²) in [5, 5.41) is 3.66. The van der Waals surface area contributed by atoms with Gasteiger partial charge in [0.2, 0.25) is 15.9 Å². The molecule has 28 heavy (non-hydrogen) atoms. The molecule has 0 unspecified atom stereocenters. The molecule has 0 heterocycles. The Morgan fingerprint density at radius 1 is 1.04 bits per heavy atom. The van der Waals surface area contributed by atoms with E-state index in [1.165, 1.54) is 24.3 Å². The van der Waals surface area contributed by atoms with Crippen LogP contribution in [-0.4, -0.2) is 31.7 Å². The van der Waals surface area contributed by atoms with Crippen LogP contribution in [0.4, 0.5) is 0 Å². The Balaban J connectivity index is 2.31. The van der Waals surface area contributed by atoms with Gasteiger partial charge in [0.15, 0.2) is 0 Å². The van der Waals surface area contributed by atoms with E-state index in [9.17, 15) is 13.2 Å². The third kappa shape index (κ3) is 6.48. The highest BCUT2D eigenvalue weighted by Crippen LogP contribution is 2.23. The van der Waals surface area contributed by atoms with E-state index in [4.69, 9.17) is 23.2 Å². The van der Waals surface area contributed by atoms with Crippen LogP contribution in [0.3, 0.4) is 0 Å². The highest BCUT2D eigenvalue weighted by molar-refractivity contribution is 7.89. The van der Waals surface area contributed by atoms with E-state index in [0.717, 1.165) is 4.31 Å². The molecule has 0 aromatic heterocycles. The van der Waals surface area contributed by atoms with Gasteiger partial charge in [0, 0.05) is 23.1 Å². The third-order valence-corrected chi connectivity index (χ3v) is 6.32. The third-order valence-electron chi connectivity index (χ3n) is 3.89. The van der Waals surface area contributed by atoms with Crippen LogP contribution in [0.15, 0.2) is 53.4 Å². The van der Waals surface area contributed by atoms with Gasteiger partial charge in [0.25, 0.3) is 0 Å². The highest BCUT2D eigenvalue weighted by atomic mass is 35.5. The number of sulfonamides is 1. The van der Waals surface area contributed by atoms with Crippen molar-refractivity contribution in [3.63, 3.8) is 0 Å². The number of amides is 1. The number of benzene rings is 2. The summed E-state index contributed by atoms with van der Waals surface area (Å²) in [6, 6.07) is 12.8. The minimum Gasteiger partial charge on any atom is -0.354 e. The topological polar surface area (TPSA) is 66.5 Å². The van der Waals surface area contributed by atoms with E-state index in [2.05, 4.69) is 5.32 Å². The minimum absolute atomic E-state index is 0.0203. The van der Waals surface area contributed by atoms with E-state index in [-0.39, 0.29) is 29.3 Å². The number of halogens is 2. The second kappa shape index (κ2) is 9.27. The van der Waals surface area contributed by atoms with Gasteiger partial charge in [0.1, 0.15) is 0 Å². The maximum Gasteiger partial charge on any atom is 0.243 e. The standard InChI is InChI=1S/C20H24Cl2N2O3S/c1-20(2,3)14-23-19(25)13-24(12-15-6-4-5-7-18(15)22)28(26,27)17-10-8-16(21)9-11-17/h4-11H,12-14H2,1-3H3,(H,23,25). The van der Waals surface area contributed by atoms with Crippen molar-refractivity contribution in [3.05, 3.63) is 64.1 Å². The van der Waals surface area contributed by atoms with Crippen LogP contribution in [0, 0.1) is 5.41 Å². The molecule has 152 valence electrons. The molecule has 0 bridgehead atoms. The number of hydrogen-bond acceptors (Lipinski definition) is 3. The average Bonchev–Trinajstić information content (AvgIpc) is 2.61. The van der Waals surface area contributed by atoms with Crippen molar-refractivity contribution < 1.29 is 13.2 Å². The van der Waals surface area contributed by atoms with Crippen molar-refractivity contribution in [3.8, 4) is 0 Å². The number of rotatable bonds is 7. The summed E-state index contributed by atoms with van der Waals surface area (Å²) in [6.07, 6.45) is 0. The van der Waals surface area contributed by atoms with Gasteiger partial charge in [-0.05, 0) is 41.3 Å². The molecule has 2 aromatic carbocycles. The Morgan fingerprint density at radius 3 is 2.21 bits per heavy atom. The molecule has 8 heteroatoms. The summed E-state index contributed by atoms with van der Waals surface area (Å²) < 4.78 is 27.4. The fraction of sp³-hybridized carbons (Fsp3) is 0.350. The molecule has 2 rings (SSSR count). The summed E-state index contributed by atoms with van der Waals surface area (Å²) in [6.45, 7) is 6.06. The average molecular weight is 443 g/mol. The predicted octanol–water partition coefficient (Wildman–Crippen LogP) is 4.35. The van der Waals surface area contributed by atoms with Crippen molar-refractivity contribution in [1.82, 2.24) is 9.62 Å². The monoisotopic (exact) mass is 442 g/mol. The largest absolute Gasteiger partial charge is 0.354 e. The fourth-order valence-electron chi connectivity index (χ4n) is 2.38. The molecule has 0 spiro atoms. The first-order valence-electron chi connectivity index (χ1n) is 8.75. The molecular formula is C20H24Cl2N2O3S. The van der Waals surface area contributed by atoms with Gasteiger partial charge in [-0.3, -0.25) is 4.79 Å². The van der Waals surface area contributed by atoms with Crippen molar-refractivity contribution in [1.29, 1.82) is 0 Å². The smallest absolute Gasteiger partial charge is 0.243 e. The molecule has 2 aromatic rings. The number of nitrogens with one attached hydrogen (secondary N) is 1. The molecule has 0 atom stereocenters. The minimum atomic E-state index is -3.93. The fourth-order valence-corrected chi connectivity index (χ4v) is 4.07. The SMILES string of the molecule is CC(C)(C)CNC(=O)CN(Cc1ccccc1Cl)S(=O)(=O)c1ccc(Cl)cc1. The second-order valence-electron chi connectivity index (χ2n) is 7.66. The lowest BCUT2D eigenvalue weighted by atomic mass is 9.97. The zero-order valence-electron chi connectivity index (χ0n) is 16.1. The molecule has 0 aliphatic rings. The number of nitrogens with zero attached hydrogens (tertiary/aromatic N) is 1. The van der Waals surface area contributed by atoms with Gasteiger partial charge in [-0.1, -0.05) is 62.2 Å². The Hall–Kier alpha value is -1.60. The second-order valence-corrected chi connectivity index (χ2v) is 10.4. The van der Waals surface area contributed by atoms with Crippen LogP contribution < -0.4 is 5.32 Å². The van der Waals surface area contributed by atoms with E-state index < -0.39 is 10.0 Å². The molecule has 1 N–H and O–H groups in total. The van der Waals surface area contributed by atoms with Gasteiger partial charge in [-0.2, -0.15) is 4.31 Å². The normalized spacial score (nSPS) is 12.2. The van der Waals surface area contributed by atoms with Crippen molar-refractivity contribution in [2.24, 2.45) is 5.41 Å². The first-order valence-corrected chi connectivity index (χ1v) is 10.9. The molecule has 0 saturated heterocycles. The first-order chi connectivity index (χ1) is 13.0. The molecule has 0 saturated carbocycles. The zero-order valence-corrected chi connectivity index (χ0v) is 18.4. The highest BCUT2D eigenvalue weighted by Gasteiger charge is 2.28. The molecule has 1 amide bonds. The van der Waals surface area contributed by atoms with Crippen LogP contribution in [0.25, 0.3) is 0 Å². The van der Waals surface area contributed by atoms with Gasteiger partial charge in [-0.25, -0.2) is 8.42 Å². The van der Waals surface area contributed by atoms with Gasteiger partial charge < -0.3 is 5.32 Å². The van der Waals surface area contributed by atoms with Crippen LogP contribution >= 0.6 is 23.2 Å². The maximum absolute atomic E-state index is 13.2. The number of carbonyl (C=O) groups is 1. The molecule has 5 nitrogen and oxygen atoms in total. The zero-order chi connectivity index (χ0) is 20.9. The Labute approximate surface area is 176 Å². The number of carbonyl (C=O) groups excluding carboxylic acids is 1. The van der Waals surface area contributed by atoms with E-state index in [0.29, 0.717) is 22.2 Å². The van der Waals surface area contributed by atoms with Crippen molar-refractivity contribution in [2.45, 2.75) is 32.2 Å². The van der Waals surface area contributed by atoms with Gasteiger partial charge in [-0.15, -0.1) is 0 Å². The van der Waals surface area contributed by atoms with Gasteiger partial charge >= 0.3 is 0 Å². The van der Waals surface area contributed by atoms with Crippen LogP contribution in [0.2, 0.25) is 10.0 Å². The quantitative estimate of drug-likeness (QED) is 0.692. The summed E-state index contributed by atoms with van der Waals surface area (Å²) in [7, 11) is -3.93. The van der Waals surface area contributed by atoms with E-state index in [1.54, 1.807) is 24.3 Å². The van der Waals surface area contributed by atoms with Crippen LogP contribution in [0.1, 0.15) is 26.3 Å². The molecular weight excluding hydrogens is 419 g/mol. The van der Waals surface area contributed by atoms with E-state index in [1.807, 2.05) is 20.8 Å². The van der Waals surface area contributed by atoms with Crippen LogP contribution in [0.5, 0.6) is 0 Å². The molecule has 0 fully saturated rings. The van der Waals surface area contributed by atoms with Crippen molar-refractivity contribution >= 4 is 39.1 Å². The Kier molecular flexibility index (Phi) is 7.51. The lowest BCUT2D eigenvalue weighted by Gasteiger charge is -2.24. The summed E-state index contributed by atoms with van der Waals surface area (Å²) in [5.41, 5.74) is 0.503. The summed E-state index contributed by atoms with van der Waals surface area (Å²) in [4.78, 5) is 12.5. The summed E-state index contributed by atoms with van der Waals surface area (Å²) in [5.74, 6) is -0.375. The lowest BCUT2D eigenvalue weighted by molar-refractivity contribution is -0.121. The molecule has 0 radical (unpaired) electrons. The molecule has 0 aliphatic carbocycles. The van der Waals surface area contributed by atoms with Crippen LogP contribution in [-0.2, 0) is 21.4 Å². The Morgan fingerprint density at radius 2 is 1.64 bits per heavy atom. The maximum atomic E-state index is 13.2. The number of hydrogen-bond donors (Lipinski definition) is 1. The Bertz CT molecular complexity index is 923.